The summed E-state index contributed by atoms with van der Waals surface area (Å²) in [4.78, 5) is 12.5. The highest BCUT2D eigenvalue weighted by Crippen LogP contribution is 2.19. The number of methoxy groups -OCH3 is 1. The van der Waals surface area contributed by atoms with Gasteiger partial charge in [-0.3, -0.25) is 4.79 Å². The molecule has 1 unspecified atom stereocenters. The van der Waals surface area contributed by atoms with Crippen LogP contribution in [0, 0.1) is 6.92 Å². The fraction of sp³-hybridized carbons (Fsp3) is 0.316. The Labute approximate surface area is 137 Å². The SMILES string of the molecule is CCc1ccc(C(CO)NC(=O)c2ccc(OC)cc2C)cc1. The third kappa shape index (κ3) is 4.11. The van der Waals surface area contributed by atoms with Crippen LogP contribution in [0.15, 0.2) is 42.5 Å². The molecule has 0 spiro atoms. The van der Waals surface area contributed by atoms with E-state index in [0.29, 0.717) is 11.3 Å². The van der Waals surface area contributed by atoms with Gasteiger partial charge in [-0.2, -0.15) is 0 Å². The van der Waals surface area contributed by atoms with Crippen LogP contribution in [0.4, 0.5) is 0 Å². The van der Waals surface area contributed by atoms with Crippen molar-refractivity contribution in [3.63, 3.8) is 0 Å². The van der Waals surface area contributed by atoms with E-state index in [0.717, 1.165) is 17.5 Å². The van der Waals surface area contributed by atoms with Crippen LogP contribution in [0.2, 0.25) is 0 Å². The number of hydrogen-bond donors (Lipinski definition) is 2. The largest absolute Gasteiger partial charge is 0.497 e. The summed E-state index contributed by atoms with van der Waals surface area (Å²) >= 11 is 0. The van der Waals surface area contributed by atoms with Crippen molar-refractivity contribution in [2.75, 3.05) is 13.7 Å². The summed E-state index contributed by atoms with van der Waals surface area (Å²) in [5.41, 5.74) is 3.53. The number of carbonyl (C=O) groups is 1. The lowest BCUT2D eigenvalue weighted by molar-refractivity contribution is 0.0915. The van der Waals surface area contributed by atoms with E-state index in [4.69, 9.17) is 4.74 Å². The minimum atomic E-state index is -0.421. The highest BCUT2D eigenvalue weighted by molar-refractivity contribution is 5.96. The van der Waals surface area contributed by atoms with Gasteiger partial charge in [-0.15, -0.1) is 0 Å². The molecule has 2 aromatic carbocycles. The van der Waals surface area contributed by atoms with Gasteiger partial charge in [0, 0.05) is 5.56 Å². The van der Waals surface area contributed by atoms with Crippen LogP contribution >= 0.6 is 0 Å². The normalized spacial score (nSPS) is 11.8. The second kappa shape index (κ2) is 7.79. The van der Waals surface area contributed by atoms with Gasteiger partial charge in [0.1, 0.15) is 5.75 Å². The lowest BCUT2D eigenvalue weighted by Gasteiger charge is -2.18. The van der Waals surface area contributed by atoms with E-state index < -0.39 is 6.04 Å². The summed E-state index contributed by atoms with van der Waals surface area (Å²) in [7, 11) is 1.59. The molecule has 1 atom stereocenters. The Morgan fingerprint density at radius 2 is 1.91 bits per heavy atom. The maximum absolute atomic E-state index is 12.5. The number of benzene rings is 2. The molecule has 4 heteroatoms. The van der Waals surface area contributed by atoms with Gasteiger partial charge in [0.15, 0.2) is 0 Å². The second-order valence-electron chi connectivity index (χ2n) is 5.48. The number of rotatable bonds is 6. The van der Waals surface area contributed by atoms with E-state index >= 15 is 0 Å². The zero-order valence-corrected chi connectivity index (χ0v) is 13.8. The lowest BCUT2D eigenvalue weighted by atomic mass is 10.0. The summed E-state index contributed by atoms with van der Waals surface area (Å²) in [5, 5.41) is 12.5. The van der Waals surface area contributed by atoms with E-state index in [2.05, 4.69) is 12.2 Å². The number of nitrogens with one attached hydrogen (secondary N) is 1. The van der Waals surface area contributed by atoms with E-state index in [1.165, 1.54) is 5.56 Å². The Morgan fingerprint density at radius 1 is 1.22 bits per heavy atom. The van der Waals surface area contributed by atoms with E-state index in [1.54, 1.807) is 19.2 Å². The molecule has 0 aromatic heterocycles. The number of aliphatic hydroxyl groups excluding tert-OH is 1. The number of ether oxygens (including phenoxy) is 1. The molecule has 0 aliphatic heterocycles. The minimum absolute atomic E-state index is 0.146. The van der Waals surface area contributed by atoms with Crippen molar-refractivity contribution in [2.45, 2.75) is 26.3 Å². The molecule has 23 heavy (non-hydrogen) atoms. The molecule has 2 aromatic rings. The van der Waals surface area contributed by atoms with Gasteiger partial charge >= 0.3 is 0 Å². The monoisotopic (exact) mass is 313 g/mol. The van der Waals surface area contributed by atoms with Crippen molar-refractivity contribution < 1.29 is 14.6 Å². The quantitative estimate of drug-likeness (QED) is 0.862. The second-order valence-corrected chi connectivity index (χ2v) is 5.48. The maximum atomic E-state index is 12.5. The number of carbonyl (C=O) groups excluding carboxylic acids is 1. The predicted molar refractivity (Wildman–Crippen MR) is 90.8 cm³/mol. The Balaban J connectivity index is 2.15. The fourth-order valence-corrected chi connectivity index (χ4v) is 2.47. The molecular formula is C19H23NO3. The first-order valence-electron chi connectivity index (χ1n) is 7.74. The van der Waals surface area contributed by atoms with Crippen molar-refractivity contribution in [2.24, 2.45) is 0 Å². The zero-order chi connectivity index (χ0) is 16.8. The predicted octanol–water partition coefficient (Wildman–Crippen LogP) is 3.03. The Morgan fingerprint density at radius 3 is 2.43 bits per heavy atom. The molecule has 4 nitrogen and oxygen atoms in total. The van der Waals surface area contributed by atoms with Crippen molar-refractivity contribution in [3.05, 3.63) is 64.7 Å². The first-order valence-corrected chi connectivity index (χ1v) is 7.74. The third-order valence-corrected chi connectivity index (χ3v) is 3.96. The van der Waals surface area contributed by atoms with Gasteiger partial charge < -0.3 is 15.2 Å². The van der Waals surface area contributed by atoms with Crippen LogP contribution in [-0.4, -0.2) is 24.7 Å². The number of amides is 1. The Hall–Kier alpha value is -2.33. The molecule has 1 amide bonds. The topological polar surface area (TPSA) is 58.6 Å². The van der Waals surface area contributed by atoms with Crippen LogP contribution in [0.3, 0.4) is 0 Å². The molecule has 2 N–H and O–H groups in total. The van der Waals surface area contributed by atoms with Crippen molar-refractivity contribution in [3.8, 4) is 5.75 Å². The smallest absolute Gasteiger partial charge is 0.252 e. The third-order valence-electron chi connectivity index (χ3n) is 3.96. The van der Waals surface area contributed by atoms with Gasteiger partial charge in [0.25, 0.3) is 5.91 Å². The van der Waals surface area contributed by atoms with Crippen molar-refractivity contribution in [1.29, 1.82) is 0 Å². The van der Waals surface area contributed by atoms with E-state index in [9.17, 15) is 9.90 Å². The Bertz CT molecular complexity index is 665. The Kier molecular flexibility index (Phi) is 5.77. The maximum Gasteiger partial charge on any atom is 0.252 e. The molecule has 2 rings (SSSR count). The van der Waals surface area contributed by atoms with Crippen molar-refractivity contribution >= 4 is 5.91 Å². The molecular weight excluding hydrogens is 290 g/mol. The van der Waals surface area contributed by atoms with Crippen LogP contribution in [0.1, 0.15) is 40.0 Å². The average Bonchev–Trinajstić information content (AvgIpc) is 2.59. The van der Waals surface area contributed by atoms with Gasteiger partial charge in [0.05, 0.1) is 19.8 Å². The summed E-state index contributed by atoms with van der Waals surface area (Å²) in [5.74, 6) is 0.511. The average molecular weight is 313 g/mol. The van der Waals surface area contributed by atoms with Crippen LogP contribution in [0.25, 0.3) is 0 Å². The molecule has 0 aliphatic carbocycles. The molecule has 0 heterocycles. The first-order chi connectivity index (χ1) is 11.1. The van der Waals surface area contributed by atoms with Crippen LogP contribution in [0.5, 0.6) is 5.75 Å². The first kappa shape index (κ1) is 17.0. The minimum Gasteiger partial charge on any atom is -0.497 e. The highest BCUT2D eigenvalue weighted by Gasteiger charge is 2.16. The molecule has 0 aliphatic rings. The molecule has 122 valence electrons. The summed E-state index contributed by atoms with van der Waals surface area (Å²) in [6, 6.07) is 12.8. The fourth-order valence-electron chi connectivity index (χ4n) is 2.47. The van der Waals surface area contributed by atoms with Crippen molar-refractivity contribution in [1.82, 2.24) is 5.32 Å². The standard InChI is InChI=1S/C19H23NO3/c1-4-14-5-7-15(8-6-14)18(12-21)20-19(22)17-10-9-16(23-3)11-13(17)2/h5-11,18,21H,4,12H2,1-3H3,(H,20,22). The number of aryl methyl sites for hydroxylation is 2. The van der Waals surface area contributed by atoms with E-state index in [1.807, 2.05) is 37.3 Å². The van der Waals surface area contributed by atoms with Gasteiger partial charge in [0.2, 0.25) is 0 Å². The summed E-state index contributed by atoms with van der Waals surface area (Å²) in [6.45, 7) is 3.81. The van der Waals surface area contributed by atoms with Gasteiger partial charge in [-0.05, 0) is 48.2 Å². The summed E-state index contributed by atoms with van der Waals surface area (Å²) in [6.07, 6.45) is 0.960. The molecule has 0 saturated heterocycles. The highest BCUT2D eigenvalue weighted by atomic mass is 16.5. The molecule has 0 saturated carbocycles. The molecule has 0 radical (unpaired) electrons. The molecule has 0 bridgehead atoms. The lowest BCUT2D eigenvalue weighted by Crippen LogP contribution is -2.31. The van der Waals surface area contributed by atoms with E-state index in [-0.39, 0.29) is 12.5 Å². The zero-order valence-electron chi connectivity index (χ0n) is 13.8. The number of hydrogen-bond acceptors (Lipinski definition) is 3. The summed E-state index contributed by atoms with van der Waals surface area (Å²) < 4.78 is 5.15. The van der Waals surface area contributed by atoms with Crippen LogP contribution in [-0.2, 0) is 6.42 Å². The number of aliphatic hydroxyl groups is 1. The van der Waals surface area contributed by atoms with Crippen LogP contribution < -0.4 is 10.1 Å². The van der Waals surface area contributed by atoms with Gasteiger partial charge in [-0.25, -0.2) is 0 Å². The molecule has 0 fully saturated rings. The van der Waals surface area contributed by atoms with Gasteiger partial charge in [-0.1, -0.05) is 31.2 Å².